The minimum Gasteiger partial charge on any atom is -0.410 e. The SMILES string of the molecule is CC(=O)Nc1ccc(OC(=O)Nc2ccc(Cl)cc2[N+](=O)[O-])cc1. The van der Waals surface area contributed by atoms with E-state index in [1.54, 1.807) is 12.1 Å². The number of hydrogen-bond acceptors (Lipinski definition) is 5. The molecule has 0 spiro atoms. The van der Waals surface area contributed by atoms with Gasteiger partial charge in [-0.05, 0) is 36.4 Å². The van der Waals surface area contributed by atoms with Crippen LogP contribution in [0.15, 0.2) is 42.5 Å². The molecule has 0 saturated carbocycles. The van der Waals surface area contributed by atoms with Gasteiger partial charge in [0, 0.05) is 23.7 Å². The van der Waals surface area contributed by atoms with Gasteiger partial charge in [0.25, 0.3) is 5.69 Å². The summed E-state index contributed by atoms with van der Waals surface area (Å²) in [5, 5.41) is 16.0. The van der Waals surface area contributed by atoms with Crippen molar-refractivity contribution >= 4 is 40.7 Å². The molecule has 0 radical (unpaired) electrons. The van der Waals surface area contributed by atoms with Crippen molar-refractivity contribution in [2.45, 2.75) is 6.92 Å². The van der Waals surface area contributed by atoms with Crippen molar-refractivity contribution in [2.24, 2.45) is 0 Å². The molecule has 0 fully saturated rings. The Morgan fingerprint density at radius 3 is 2.38 bits per heavy atom. The molecular formula is C15H12ClN3O5. The van der Waals surface area contributed by atoms with Crippen LogP contribution >= 0.6 is 11.6 Å². The maximum absolute atomic E-state index is 11.8. The highest BCUT2D eigenvalue weighted by molar-refractivity contribution is 6.31. The van der Waals surface area contributed by atoms with E-state index in [-0.39, 0.29) is 28.1 Å². The van der Waals surface area contributed by atoms with Crippen molar-refractivity contribution in [3.63, 3.8) is 0 Å². The fraction of sp³-hybridized carbons (Fsp3) is 0.0667. The molecule has 0 unspecified atom stereocenters. The Kier molecular flexibility index (Phi) is 5.33. The maximum atomic E-state index is 11.8. The summed E-state index contributed by atoms with van der Waals surface area (Å²) < 4.78 is 5.02. The van der Waals surface area contributed by atoms with Crippen LogP contribution in [0.5, 0.6) is 5.75 Å². The van der Waals surface area contributed by atoms with Gasteiger partial charge in [-0.1, -0.05) is 11.6 Å². The lowest BCUT2D eigenvalue weighted by Gasteiger charge is -2.08. The van der Waals surface area contributed by atoms with E-state index in [9.17, 15) is 19.7 Å². The van der Waals surface area contributed by atoms with Crippen LogP contribution in [-0.4, -0.2) is 16.9 Å². The summed E-state index contributed by atoms with van der Waals surface area (Å²) >= 11 is 5.70. The van der Waals surface area contributed by atoms with E-state index >= 15 is 0 Å². The van der Waals surface area contributed by atoms with Crippen LogP contribution in [0.4, 0.5) is 21.9 Å². The molecular weight excluding hydrogens is 338 g/mol. The molecule has 2 aromatic rings. The first-order chi connectivity index (χ1) is 11.3. The molecule has 24 heavy (non-hydrogen) atoms. The van der Waals surface area contributed by atoms with E-state index in [4.69, 9.17) is 16.3 Å². The molecule has 0 aliphatic carbocycles. The van der Waals surface area contributed by atoms with Gasteiger partial charge in [0.05, 0.1) is 4.92 Å². The lowest BCUT2D eigenvalue weighted by atomic mass is 10.2. The Morgan fingerprint density at radius 2 is 1.79 bits per heavy atom. The molecule has 9 heteroatoms. The summed E-state index contributed by atoms with van der Waals surface area (Å²) in [4.78, 5) is 33.1. The van der Waals surface area contributed by atoms with Crippen LogP contribution < -0.4 is 15.4 Å². The molecule has 2 rings (SSSR count). The highest BCUT2D eigenvalue weighted by Gasteiger charge is 2.17. The first-order valence-corrected chi connectivity index (χ1v) is 7.03. The number of carbonyl (C=O) groups excluding carboxylic acids is 2. The molecule has 2 aromatic carbocycles. The number of anilines is 2. The maximum Gasteiger partial charge on any atom is 0.417 e. The summed E-state index contributed by atoms with van der Waals surface area (Å²) in [6.45, 7) is 1.37. The average molecular weight is 350 g/mol. The number of carbonyl (C=O) groups is 2. The number of nitrogens with zero attached hydrogens (tertiary/aromatic N) is 1. The molecule has 0 bridgehead atoms. The second kappa shape index (κ2) is 7.42. The van der Waals surface area contributed by atoms with E-state index < -0.39 is 11.0 Å². The highest BCUT2D eigenvalue weighted by Crippen LogP contribution is 2.28. The van der Waals surface area contributed by atoms with Gasteiger partial charge in [-0.3, -0.25) is 20.2 Å². The average Bonchev–Trinajstić information content (AvgIpc) is 2.50. The van der Waals surface area contributed by atoms with Crippen LogP contribution in [-0.2, 0) is 4.79 Å². The summed E-state index contributed by atoms with van der Waals surface area (Å²) in [5.41, 5.74) is 0.160. The van der Waals surface area contributed by atoms with Crippen molar-refractivity contribution in [3.8, 4) is 5.75 Å². The molecule has 0 aliphatic heterocycles. The number of nitro benzene ring substituents is 1. The van der Waals surface area contributed by atoms with Crippen molar-refractivity contribution in [1.29, 1.82) is 0 Å². The van der Waals surface area contributed by atoms with Crippen molar-refractivity contribution in [3.05, 3.63) is 57.6 Å². The monoisotopic (exact) mass is 349 g/mol. The van der Waals surface area contributed by atoms with E-state index in [1.165, 1.54) is 31.2 Å². The number of nitro groups is 1. The summed E-state index contributed by atoms with van der Waals surface area (Å²) in [6, 6.07) is 9.89. The van der Waals surface area contributed by atoms with Gasteiger partial charge in [-0.2, -0.15) is 0 Å². The summed E-state index contributed by atoms with van der Waals surface area (Å²) in [7, 11) is 0. The molecule has 0 saturated heterocycles. The van der Waals surface area contributed by atoms with E-state index in [0.29, 0.717) is 5.69 Å². The van der Waals surface area contributed by atoms with Crippen molar-refractivity contribution in [1.82, 2.24) is 0 Å². The molecule has 8 nitrogen and oxygen atoms in total. The number of amides is 2. The standard InChI is InChI=1S/C15H12ClN3O5/c1-9(20)17-11-3-5-12(6-4-11)24-15(21)18-13-7-2-10(16)8-14(13)19(22)23/h2-8H,1H3,(H,17,20)(H,18,21). The van der Waals surface area contributed by atoms with Gasteiger partial charge >= 0.3 is 6.09 Å². The molecule has 0 aliphatic rings. The van der Waals surface area contributed by atoms with Gasteiger partial charge in [-0.15, -0.1) is 0 Å². The third kappa shape index (κ3) is 4.68. The van der Waals surface area contributed by atoms with E-state index in [0.717, 1.165) is 6.07 Å². The fourth-order valence-electron chi connectivity index (χ4n) is 1.81. The van der Waals surface area contributed by atoms with E-state index in [1.807, 2.05) is 0 Å². The molecule has 0 atom stereocenters. The number of halogens is 1. The highest BCUT2D eigenvalue weighted by atomic mass is 35.5. The number of nitrogens with one attached hydrogen (secondary N) is 2. The van der Waals surface area contributed by atoms with Crippen LogP contribution in [0.25, 0.3) is 0 Å². The first-order valence-electron chi connectivity index (χ1n) is 6.65. The normalized spacial score (nSPS) is 9.92. The zero-order valence-corrected chi connectivity index (χ0v) is 13.2. The topological polar surface area (TPSA) is 111 Å². The largest absolute Gasteiger partial charge is 0.417 e. The third-order valence-corrected chi connectivity index (χ3v) is 3.01. The zero-order chi connectivity index (χ0) is 17.7. The van der Waals surface area contributed by atoms with Crippen molar-refractivity contribution < 1.29 is 19.2 Å². The van der Waals surface area contributed by atoms with Gasteiger partial charge in [0.2, 0.25) is 5.91 Å². The van der Waals surface area contributed by atoms with Gasteiger partial charge < -0.3 is 10.1 Å². The van der Waals surface area contributed by atoms with Crippen LogP contribution in [0.1, 0.15) is 6.92 Å². The van der Waals surface area contributed by atoms with Crippen LogP contribution in [0, 0.1) is 10.1 Å². The number of ether oxygens (including phenoxy) is 1. The lowest BCUT2D eigenvalue weighted by Crippen LogP contribution is -2.17. The Morgan fingerprint density at radius 1 is 1.12 bits per heavy atom. The first kappa shape index (κ1) is 17.2. The summed E-state index contributed by atoms with van der Waals surface area (Å²) in [5.74, 6) is -0.0188. The lowest BCUT2D eigenvalue weighted by molar-refractivity contribution is -0.383. The minimum atomic E-state index is -0.896. The van der Waals surface area contributed by atoms with Gasteiger partial charge in [-0.25, -0.2) is 4.79 Å². The summed E-state index contributed by atoms with van der Waals surface area (Å²) in [6.07, 6.45) is -0.896. The van der Waals surface area contributed by atoms with E-state index in [2.05, 4.69) is 10.6 Å². The Balaban J connectivity index is 2.06. The predicted molar refractivity (Wildman–Crippen MR) is 88.5 cm³/mol. The fourth-order valence-corrected chi connectivity index (χ4v) is 1.98. The van der Waals surface area contributed by atoms with Crippen LogP contribution in [0.2, 0.25) is 5.02 Å². The predicted octanol–water partition coefficient (Wildman–Crippen LogP) is 3.82. The number of hydrogen-bond donors (Lipinski definition) is 2. The Hall–Kier alpha value is -3.13. The zero-order valence-electron chi connectivity index (χ0n) is 12.4. The third-order valence-electron chi connectivity index (χ3n) is 2.78. The number of rotatable bonds is 4. The van der Waals surface area contributed by atoms with Gasteiger partial charge in [0.1, 0.15) is 11.4 Å². The molecule has 124 valence electrons. The Bertz CT molecular complexity index is 792. The second-order valence-electron chi connectivity index (χ2n) is 4.64. The molecule has 0 heterocycles. The smallest absolute Gasteiger partial charge is 0.410 e. The Labute approximate surface area is 141 Å². The quantitative estimate of drug-likeness (QED) is 0.644. The molecule has 0 aromatic heterocycles. The van der Waals surface area contributed by atoms with Crippen LogP contribution in [0.3, 0.4) is 0 Å². The van der Waals surface area contributed by atoms with Gasteiger partial charge in [0.15, 0.2) is 0 Å². The second-order valence-corrected chi connectivity index (χ2v) is 5.08. The number of benzene rings is 2. The van der Waals surface area contributed by atoms with Crippen molar-refractivity contribution in [2.75, 3.05) is 10.6 Å². The minimum absolute atomic E-state index is 0.0377. The molecule has 2 amide bonds. The molecule has 2 N–H and O–H groups in total.